The van der Waals surface area contributed by atoms with E-state index in [1.54, 1.807) is 13.8 Å². The van der Waals surface area contributed by atoms with Gasteiger partial charge in [0.1, 0.15) is 0 Å². The second-order valence-corrected chi connectivity index (χ2v) is 4.60. The number of aryl methyl sites for hydroxylation is 1. The largest absolute Gasteiger partial charge is 0.460 e. The van der Waals surface area contributed by atoms with E-state index in [0.29, 0.717) is 18.2 Å². The van der Waals surface area contributed by atoms with Gasteiger partial charge in [-0.15, -0.1) is 0 Å². The number of hydrogen-bond donors (Lipinski definition) is 0. The minimum atomic E-state index is -0.479. The molecular weight excluding hydrogens is 256 g/mol. The molecule has 0 saturated heterocycles. The molecule has 0 fully saturated rings. The van der Waals surface area contributed by atoms with E-state index in [2.05, 4.69) is 4.98 Å². The van der Waals surface area contributed by atoms with Gasteiger partial charge in [0.25, 0.3) is 0 Å². The summed E-state index contributed by atoms with van der Waals surface area (Å²) in [5, 5.41) is 0. The van der Waals surface area contributed by atoms with Crippen molar-refractivity contribution >= 4 is 11.7 Å². The molecule has 0 aliphatic heterocycles. The molecule has 2 rings (SSSR count). The number of anilines is 1. The molecule has 0 atom stereocenters. The number of esters is 1. The first-order valence-corrected chi connectivity index (χ1v) is 6.45. The summed E-state index contributed by atoms with van der Waals surface area (Å²) in [5.41, 5.74) is 2.40. The second kappa shape index (κ2) is 5.77. The maximum absolute atomic E-state index is 11.7. The van der Waals surface area contributed by atoms with Gasteiger partial charge in [-0.1, -0.05) is 6.07 Å². The predicted octanol–water partition coefficient (Wildman–Crippen LogP) is 2.89. The number of rotatable bonds is 4. The van der Waals surface area contributed by atoms with Crippen LogP contribution in [0.15, 0.2) is 28.7 Å². The zero-order valence-electron chi connectivity index (χ0n) is 12.1. The maximum Gasteiger partial charge on any atom is 0.376 e. The first-order valence-electron chi connectivity index (χ1n) is 6.45. The van der Waals surface area contributed by atoms with E-state index < -0.39 is 5.97 Å². The maximum atomic E-state index is 11.7. The van der Waals surface area contributed by atoms with Crippen LogP contribution in [0.1, 0.15) is 23.2 Å². The van der Waals surface area contributed by atoms with Crippen LogP contribution in [0.4, 0.5) is 5.69 Å². The molecule has 1 aromatic carbocycles. The van der Waals surface area contributed by atoms with Crippen LogP contribution in [0.25, 0.3) is 11.5 Å². The zero-order valence-corrected chi connectivity index (χ0v) is 12.1. The third kappa shape index (κ3) is 2.82. The summed E-state index contributed by atoms with van der Waals surface area (Å²) < 4.78 is 10.5. The van der Waals surface area contributed by atoms with Gasteiger partial charge in [-0.25, -0.2) is 9.78 Å². The van der Waals surface area contributed by atoms with Gasteiger partial charge in [-0.05, 0) is 32.0 Å². The molecule has 0 amide bonds. The van der Waals surface area contributed by atoms with E-state index in [0.717, 1.165) is 11.3 Å². The van der Waals surface area contributed by atoms with Gasteiger partial charge in [0.15, 0.2) is 0 Å². The lowest BCUT2D eigenvalue weighted by Crippen LogP contribution is -2.08. The third-order valence-corrected chi connectivity index (χ3v) is 2.87. The van der Waals surface area contributed by atoms with Gasteiger partial charge < -0.3 is 14.1 Å². The van der Waals surface area contributed by atoms with Crippen molar-refractivity contribution in [2.45, 2.75) is 13.8 Å². The molecule has 0 bridgehead atoms. The minimum Gasteiger partial charge on any atom is -0.460 e. The number of benzene rings is 1. The first kappa shape index (κ1) is 14.1. The molecule has 0 N–H and O–H groups in total. The van der Waals surface area contributed by atoms with Crippen molar-refractivity contribution in [1.82, 2.24) is 4.98 Å². The fraction of sp³-hybridized carbons (Fsp3) is 0.333. The van der Waals surface area contributed by atoms with E-state index in [1.165, 1.54) is 0 Å². The summed E-state index contributed by atoms with van der Waals surface area (Å²) in [6, 6.07) is 7.77. The van der Waals surface area contributed by atoms with Crippen LogP contribution in [-0.2, 0) is 4.74 Å². The van der Waals surface area contributed by atoms with Gasteiger partial charge in [0.2, 0.25) is 11.7 Å². The highest BCUT2D eigenvalue weighted by molar-refractivity contribution is 5.88. The highest BCUT2D eigenvalue weighted by atomic mass is 16.5. The predicted molar refractivity (Wildman–Crippen MR) is 77.0 cm³/mol. The average Bonchev–Trinajstić information content (AvgIpc) is 2.81. The Hall–Kier alpha value is -2.30. The first-order chi connectivity index (χ1) is 9.52. The highest BCUT2D eigenvalue weighted by Crippen LogP contribution is 2.25. The molecule has 0 aliphatic rings. The fourth-order valence-electron chi connectivity index (χ4n) is 1.82. The molecule has 2 aromatic rings. The Kier molecular flexibility index (Phi) is 4.08. The molecule has 0 saturated carbocycles. The van der Waals surface area contributed by atoms with E-state index in [4.69, 9.17) is 9.15 Å². The van der Waals surface area contributed by atoms with E-state index in [1.807, 2.05) is 43.3 Å². The van der Waals surface area contributed by atoms with Crippen LogP contribution in [-0.4, -0.2) is 31.7 Å². The van der Waals surface area contributed by atoms with Crippen LogP contribution in [0.2, 0.25) is 0 Å². The molecule has 106 valence electrons. The van der Waals surface area contributed by atoms with Crippen molar-refractivity contribution in [3.05, 3.63) is 35.7 Å². The Labute approximate surface area is 118 Å². The monoisotopic (exact) mass is 274 g/mol. The normalized spacial score (nSPS) is 10.4. The van der Waals surface area contributed by atoms with Crippen molar-refractivity contribution in [1.29, 1.82) is 0 Å². The molecule has 1 aromatic heterocycles. The summed E-state index contributed by atoms with van der Waals surface area (Å²) in [6.07, 6.45) is 0. The van der Waals surface area contributed by atoms with Crippen LogP contribution < -0.4 is 4.90 Å². The SMILES string of the molecule is CCOC(=O)c1oc(-c2cccc(N(C)C)c2)nc1C. The summed E-state index contributed by atoms with van der Waals surface area (Å²) >= 11 is 0. The minimum absolute atomic E-state index is 0.164. The number of carbonyl (C=O) groups is 1. The Balaban J connectivity index is 2.37. The number of oxazole rings is 1. The van der Waals surface area contributed by atoms with Crippen LogP contribution in [0.3, 0.4) is 0 Å². The van der Waals surface area contributed by atoms with Crippen LogP contribution in [0.5, 0.6) is 0 Å². The van der Waals surface area contributed by atoms with E-state index in [9.17, 15) is 4.79 Å². The number of nitrogens with zero attached hydrogens (tertiary/aromatic N) is 2. The molecule has 0 unspecified atom stereocenters. The standard InChI is InChI=1S/C15H18N2O3/c1-5-19-15(18)13-10(2)16-14(20-13)11-7-6-8-12(9-11)17(3)4/h6-9H,5H2,1-4H3. The number of aromatic nitrogens is 1. The number of hydrogen-bond acceptors (Lipinski definition) is 5. The van der Waals surface area contributed by atoms with E-state index in [-0.39, 0.29) is 5.76 Å². The topological polar surface area (TPSA) is 55.6 Å². The molecule has 0 aliphatic carbocycles. The third-order valence-electron chi connectivity index (χ3n) is 2.87. The van der Waals surface area contributed by atoms with Gasteiger partial charge >= 0.3 is 5.97 Å². The summed E-state index contributed by atoms with van der Waals surface area (Å²) in [6.45, 7) is 3.80. The summed E-state index contributed by atoms with van der Waals surface area (Å²) in [4.78, 5) is 18.0. The zero-order chi connectivity index (χ0) is 14.7. The Bertz CT molecular complexity index is 617. The molecule has 20 heavy (non-hydrogen) atoms. The van der Waals surface area contributed by atoms with Crippen LogP contribution in [0, 0.1) is 6.92 Å². The van der Waals surface area contributed by atoms with Crippen molar-refractivity contribution in [2.24, 2.45) is 0 Å². The van der Waals surface area contributed by atoms with Crippen molar-refractivity contribution in [2.75, 3.05) is 25.6 Å². The smallest absolute Gasteiger partial charge is 0.376 e. The lowest BCUT2D eigenvalue weighted by Gasteiger charge is -2.12. The van der Waals surface area contributed by atoms with Gasteiger partial charge in [-0.2, -0.15) is 0 Å². The molecule has 5 nitrogen and oxygen atoms in total. The number of ether oxygens (including phenoxy) is 1. The molecule has 0 radical (unpaired) electrons. The summed E-state index contributed by atoms with van der Waals surface area (Å²) in [7, 11) is 3.92. The lowest BCUT2D eigenvalue weighted by atomic mass is 10.2. The van der Waals surface area contributed by atoms with Crippen molar-refractivity contribution in [3.63, 3.8) is 0 Å². The quantitative estimate of drug-likeness (QED) is 0.802. The summed E-state index contributed by atoms with van der Waals surface area (Å²) in [5.74, 6) is 0.110. The molecular formula is C15H18N2O3. The van der Waals surface area contributed by atoms with Gasteiger partial charge in [0, 0.05) is 25.3 Å². The molecule has 1 heterocycles. The molecule has 5 heteroatoms. The Morgan fingerprint density at radius 2 is 2.15 bits per heavy atom. The Morgan fingerprint density at radius 1 is 1.40 bits per heavy atom. The van der Waals surface area contributed by atoms with Crippen LogP contribution >= 0.6 is 0 Å². The Morgan fingerprint density at radius 3 is 2.80 bits per heavy atom. The van der Waals surface area contributed by atoms with Gasteiger partial charge in [-0.3, -0.25) is 0 Å². The van der Waals surface area contributed by atoms with Crippen molar-refractivity contribution < 1.29 is 13.9 Å². The van der Waals surface area contributed by atoms with Gasteiger partial charge in [0.05, 0.1) is 12.3 Å². The fourth-order valence-corrected chi connectivity index (χ4v) is 1.82. The average molecular weight is 274 g/mol. The number of carbonyl (C=O) groups excluding carboxylic acids is 1. The molecule has 0 spiro atoms. The second-order valence-electron chi connectivity index (χ2n) is 4.60. The lowest BCUT2D eigenvalue weighted by molar-refractivity contribution is 0.0490. The highest BCUT2D eigenvalue weighted by Gasteiger charge is 2.19. The van der Waals surface area contributed by atoms with E-state index >= 15 is 0 Å². The van der Waals surface area contributed by atoms with Crippen molar-refractivity contribution in [3.8, 4) is 11.5 Å².